The zero-order valence-electron chi connectivity index (χ0n) is 7.82. The molecule has 0 saturated carbocycles. The van der Waals surface area contributed by atoms with Crippen LogP contribution in [0.5, 0.6) is 5.75 Å². The van der Waals surface area contributed by atoms with Crippen LogP contribution >= 0.6 is 23.7 Å². The van der Waals surface area contributed by atoms with E-state index < -0.39 is 0 Å². The van der Waals surface area contributed by atoms with Crippen LogP contribution in [-0.2, 0) is 3.84 Å². The third-order valence-corrected chi connectivity index (χ3v) is 1.38. The Labute approximate surface area is 97.8 Å². The molecule has 0 atom stereocenters. The number of hydrogen-bond acceptors (Lipinski definition) is 5. The summed E-state index contributed by atoms with van der Waals surface area (Å²) in [5.41, 5.74) is 12.1. The lowest BCUT2D eigenvalue weighted by Gasteiger charge is -2.07. The quantitative estimate of drug-likeness (QED) is 0.712. The Balaban J connectivity index is 0.000000583. The first-order chi connectivity index (χ1) is 7.15. The third-order valence-electron chi connectivity index (χ3n) is 1.38. The Hall–Kier alpha value is -0.880. The number of anilines is 2. The maximum absolute atomic E-state index is 8.48. The zero-order chi connectivity index (χ0) is 11.7. The minimum atomic E-state index is -0.0240. The lowest BCUT2D eigenvalue weighted by molar-refractivity contribution is 0.202. The van der Waals surface area contributed by atoms with Gasteiger partial charge < -0.3 is 21.3 Å². The molecule has 7 heteroatoms. The van der Waals surface area contributed by atoms with Gasteiger partial charge in [0.15, 0.2) is 0 Å². The van der Waals surface area contributed by atoms with Crippen LogP contribution in [0.15, 0.2) is 18.2 Å². The summed E-state index contributed by atoms with van der Waals surface area (Å²) in [4.78, 5) is 0. The molecule has 0 heterocycles. The summed E-state index contributed by atoms with van der Waals surface area (Å²) < 4.78 is 8.30. The Morgan fingerprint density at radius 3 is 2.33 bits per heavy atom. The lowest BCUT2D eigenvalue weighted by atomic mass is 10.2. The highest BCUT2D eigenvalue weighted by atomic mass is 35.6. The molecule has 86 valence electrons. The molecule has 0 spiro atoms. The van der Waals surface area contributed by atoms with Crippen molar-refractivity contribution < 1.29 is 13.7 Å². The van der Waals surface area contributed by atoms with Gasteiger partial charge in [-0.25, -0.2) is 0 Å². The van der Waals surface area contributed by atoms with Gasteiger partial charge in [-0.3, -0.25) is 0 Å². The topological polar surface area (TPSA) is 90.7 Å². The molecule has 0 aliphatic heterocycles. The number of nitrogen functional groups attached to an aromatic ring is 2. The van der Waals surface area contributed by atoms with E-state index in [1.54, 1.807) is 18.2 Å². The summed E-state index contributed by atoms with van der Waals surface area (Å²) in [5, 5.41) is 8.48. The highest BCUT2D eigenvalue weighted by Crippen LogP contribution is 2.23. The minimum Gasteiger partial charge on any atom is -0.489 e. The van der Waals surface area contributed by atoms with Crippen LogP contribution < -0.4 is 16.2 Å². The molecule has 0 aliphatic carbocycles. The van der Waals surface area contributed by atoms with E-state index in [1.165, 1.54) is 0 Å². The molecule has 5 N–H and O–H groups in total. The molecule has 0 radical (unpaired) electrons. The van der Waals surface area contributed by atoms with Crippen molar-refractivity contribution in [2.75, 3.05) is 24.7 Å². The van der Waals surface area contributed by atoms with Gasteiger partial charge in [0.25, 0.3) is 0 Å². The molecule has 0 fully saturated rings. The van der Waals surface area contributed by atoms with Gasteiger partial charge in [-0.2, -0.15) is 3.84 Å². The van der Waals surface area contributed by atoms with E-state index in [4.69, 9.17) is 21.3 Å². The van der Waals surface area contributed by atoms with E-state index in [2.05, 4.69) is 27.6 Å². The number of nitrogens with two attached hydrogens (primary N) is 2. The lowest BCUT2D eigenvalue weighted by Crippen LogP contribution is -2.04. The summed E-state index contributed by atoms with van der Waals surface area (Å²) in [7, 11) is 0. The molecule has 5 nitrogen and oxygen atoms in total. The molecule has 1 aromatic carbocycles. The molecule has 1 rings (SSSR count). The minimum absolute atomic E-state index is 0.0240. The van der Waals surface area contributed by atoms with Crippen molar-refractivity contribution in [3.8, 4) is 5.75 Å². The molecule has 0 amide bonds. The Morgan fingerprint density at radius 1 is 1.27 bits per heavy atom. The van der Waals surface area contributed by atoms with E-state index in [0.29, 0.717) is 17.1 Å². The average Bonchev–Trinajstić information content (AvgIpc) is 2.18. The Kier molecular flexibility index (Phi) is 7.94. The smallest absolute Gasteiger partial charge is 0.142 e. The van der Waals surface area contributed by atoms with Gasteiger partial charge in [-0.15, -0.1) is 0 Å². The van der Waals surface area contributed by atoms with Gasteiger partial charge in [-0.1, -0.05) is 0 Å². The van der Waals surface area contributed by atoms with Crippen molar-refractivity contribution in [1.29, 1.82) is 0 Å². The highest BCUT2D eigenvalue weighted by Gasteiger charge is 1.98. The van der Waals surface area contributed by atoms with Crippen LogP contribution in [0.4, 0.5) is 11.4 Å². The van der Waals surface area contributed by atoms with Gasteiger partial charge >= 0.3 is 0 Å². The van der Waals surface area contributed by atoms with Gasteiger partial charge in [0, 0.05) is 5.69 Å². The molecule has 15 heavy (non-hydrogen) atoms. The summed E-state index contributed by atoms with van der Waals surface area (Å²) in [6, 6.07) is 5.00. The number of aliphatic hydroxyl groups excluding tert-OH is 1. The van der Waals surface area contributed by atoms with Crippen LogP contribution in [0.25, 0.3) is 0 Å². The van der Waals surface area contributed by atoms with E-state index in [1.807, 2.05) is 0 Å². The fraction of sp³-hybridized carbons (Fsp3) is 0.250. The zero-order valence-corrected chi connectivity index (χ0v) is 9.33. The highest BCUT2D eigenvalue weighted by molar-refractivity contribution is 6.24. The molecule has 0 aliphatic rings. The monoisotopic (exact) mass is 254 g/mol. The van der Waals surface area contributed by atoms with Crippen molar-refractivity contribution in [1.82, 2.24) is 0 Å². The van der Waals surface area contributed by atoms with Crippen molar-refractivity contribution in [3.05, 3.63) is 18.2 Å². The number of halogens is 2. The molecule has 0 saturated heterocycles. The molecule has 1 aromatic rings. The molecular weight excluding hydrogens is 243 g/mol. The predicted molar refractivity (Wildman–Crippen MR) is 60.6 cm³/mol. The Morgan fingerprint density at radius 2 is 1.87 bits per heavy atom. The summed E-state index contributed by atoms with van der Waals surface area (Å²) in [5.74, 6) is 0.554. The van der Waals surface area contributed by atoms with Crippen LogP contribution in [0, 0.1) is 0 Å². The van der Waals surface area contributed by atoms with Crippen LogP contribution in [0.3, 0.4) is 0 Å². The molecule has 0 unspecified atom stereocenters. The van der Waals surface area contributed by atoms with Crippen LogP contribution in [0.2, 0.25) is 0 Å². The first kappa shape index (κ1) is 14.1. The van der Waals surface area contributed by atoms with E-state index in [-0.39, 0.29) is 13.2 Å². The second-order valence-electron chi connectivity index (χ2n) is 2.43. The van der Waals surface area contributed by atoms with Crippen molar-refractivity contribution >= 4 is 35.1 Å². The maximum atomic E-state index is 8.48. The summed E-state index contributed by atoms with van der Waals surface area (Å²) in [6.07, 6.45) is 0. The number of benzene rings is 1. The van der Waals surface area contributed by atoms with Crippen molar-refractivity contribution in [2.24, 2.45) is 0 Å². The number of rotatable bonds is 3. The van der Waals surface area contributed by atoms with Crippen molar-refractivity contribution in [2.45, 2.75) is 0 Å². The van der Waals surface area contributed by atoms with Gasteiger partial charge in [0.05, 0.1) is 36.0 Å². The van der Waals surface area contributed by atoms with Crippen molar-refractivity contribution in [3.63, 3.8) is 0 Å². The fourth-order valence-electron chi connectivity index (χ4n) is 0.854. The molecular formula is C8H12Cl2N2O3. The number of ether oxygens (including phenoxy) is 1. The van der Waals surface area contributed by atoms with Gasteiger partial charge in [0.2, 0.25) is 0 Å². The average molecular weight is 255 g/mol. The maximum Gasteiger partial charge on any atom is 0.142 e. The second-order valence-corrected chi connectivity index (χ2v) is 2.89. The van der Waals surface area contributed by atoms with E-state index in [0.717, 1.165) is 0 Å². The fourth-order valence-corrected chi connectivity index (χ4v) is 0.854. The van der Waals surface area contributed by atoms with Gasteiger partial charge in [0.1, 0.15) is 12.4 Å². The normalized spacial score (nSPS) is 9.00. The SMILES string of the molecule is ClOCl.Nc1ccc(OCCO)c(N)c1. The first-order valence-corrected chi connectivity index (χ1v) is 4.55. The predicted octanol–water partition coefficient (Wildman–Crippen LogP) is 1.53. The summed E-state index contributed by atoms with van der Waals surface area (Å²) >= 11 is 8.53. The number of aliphatic hydroxyl groups is 1. The van der Waals surface area contributed by atoms with Gasteiger partial charge in [-0.05, 0) is 18.2 Å². The molecule has 0 bridgehead atoms. The Bertz CT molecular complexity index is 287. The second kappa shape index (κ2) is 8.43. The molecule has 0 aromatic heterocycles. The summed E-state index contributed by atoms with van der Waals surface area (Å²) in [6.45, 7) is 0.220. The standard InChI is InChI=1S/C8H12N2O2.Cl2O/c9-6-1-2-8(7(10)5-6)12-4-3-11;1-3-2/h1-2,5,11H,3-4,9-10H2;. The first-order valence-electron chi connectivity index (χ1n) is 3.93. The largest absolute Gasteiger partial charge is 0.489 e. The third kappa shape index (κ3) is 6.24. The van der Waals surface area contributed by atoms with Crippen LogP contribution in [-0.4, -0.2) is 18.3 Å². The number of hydrogen-bond donors (Lipinski definition) is 3. The van der Waals surface area contributed by atoms with E-state index >= 15 is 0 Å². The van der Waals surface area contributed by atoms with E-state index in [9.17, 15) is 0 Å². The van der Waals surface area contributed by atoms with Crippen LogP contribution in [0.1, 0.15) is 0 Å².